The minimum Gasteiger partial charge on any atom is -0.481 e. The predicted octanol–water partition coefficient (Wildman–Crippen LogP) is 0.990. The number of hydrogen-bond acceptors (Lipinski definition) is 4. The fraction of sp³-hybridized carbons (Fsp3) is 0.222. The van der Waals surface area contributed by atoms with E-state index in [-0.39, 0.29) is 19.2 Å². The molecule has 3 rings (SSSR count). The van der Waals surface area contributed by atoms with E-state index in [1.54, 1.807) is 12.1 Å². The van der Waals surface area contributed by atoms with Crippen LogP contribution in [0.1, 0.15) is 10.4 Å². The van der Waals surface area contributed by atoms with Gasteiger partial charge < -0.3 is 14.2 Å². The van der Waals surface area contributed by atoms with E-state index in [0.29, 0.717) is 22.8 Å². The Kier molecular flexibility index (Phi) is 1.12. The van der Waals surface area contributed by atoms with E-state index in [4.69, 9.17) is 14.2 Å². The van der Waals surface area contributed by atoms with Gasteiger partial charge in [-0.25, -0.2) is 0 Å². The quantitative estimate of drug-likeness (QED) is 0.594. The lowest BCUT2D eigenvalue weighted by molar-refractivity contribution is 0.0960. The molecule has 2 aliphatic heterocycles. The van der Waals surface area contributed by atoms with Gasteiger partial charge in [0.15, 0.2) is 18.1 Å². The summed E-state index contributed by atoms with van der Waals surface area (Å²) < 4.78 is 15.5. The van der Waals surface area contributed by atoms with E-state index in [1.807, 2.05) is 0 Å². The minimum absolute atomic E-state index is 0.00620. The highest BCUT2D eigenvalue weighted by Gasteiger charge is 2.29. The molecule has 2 heterocycles. The van der Waals surface area contributed by atoms with Crippen LogP contribution in [0.15, 0.2) is 12.1 Å². The number of rotatable bonds is 0. The normalized spacial score (nSPS) is 17.1. The Balaban J connectivity index is 2.26. The zero-order valence-electron chi connectivity index (χ0n) is 6.70. The summed E-state index contributed by atoms with van der Waals surface area (Å²) in [7, 11) is 0. The average molecular weight is 178 g/mol. The maximum Gasteiger partial charge on any atom is 0.231 e. The van der Waals surface area contributed by atoms with Gasteiger partial charge in [-0.05, 0) is 12.1 Å². The lowest BCUT2D eigenvalue weighted by Gasteiger charge is -2.01. The molecule has 4 heteroatoms. The molecule has 1 aromatic rings. The van der Waals surface area contributed by atoms with Crippen molar-refractivity contribution in [3.63, 3.8) is 0 Å². The Labute approximate surface area is 74.0 Å². The smallest absolute Gasteiger partial charge is 0.231 e. The summed E-state index contributed by atoms with van der Waals surface area (Å²) in [5.41, 5.74) is 0.587. The van der Waals surface area contributed by atoms with Crippen LogP contribution in [0.2, 0.25) is 0 Å². The third kappa shape index (κ3) is 0.771. The molecule has 0 aliphatic carbocycles. The van der Waals surface area contributed by atoms with Crippen LogP contribution >= 0.6 is 0 Å². The lowest BCUT2D eigenvalue weighted by atomic mass is 10.1. The second-order valence-corrected chi connectivity index (χ2v) is 2.89. The molecular weight excluding hydrogens is 172 g/mol. The first kappa shape index (κ1) is 6.77. The van der Waals surface area contributed by atoms with Crippen LogP contribution in [0.5, 0.6) is 17.2 Å². The first-order valence-electron chi connectivity index (χ1n) is 3.95. The fourth-order valence-corrected chi connectivity index (χ4v) is 1.53. The molecule has 0 radical (unpaired) electrons. The van der Waals surface area contributed by atoms with Gasteiger partial charge in [-0.2, -0.15) is 0 Å². The summed E-state index contributed by atoms with van der Waals surface area (Å²) in [6.07, 6.45) is 0. The van der Waals surface area contributed by atoms with Crippen LogP contribution in [-0.2, 0) is 0 Å². The number of fused-ring (bicyclic) bond motifs is 3. The Morgan fingerprint density at radius 2 is 2.00 bits per heavy atom. The molecule has 2 aliphatic rings. The molecule has 0 fully saturated rings. The largest absolute Gasteiger partial charge is 0.481 e. The van der Waals surface area contributed by atoms with Crippen molar-refractivity contribution >= 4 is 5.78 Å². The molecule has 0 atom stereocenters. The van der Waals surface area contributed by atoms with Crippen LogP contribution in [0, 0.1) is 0 Å². The molecule has 0 N–H and O–H groups in total. The van der Waals surface area contributed by atoms with Gasteiger partial charge in [-0.15, -0.1) is 0 Å². The third-order valence-electron chi connectivity index (χ3n) is 2.14. The fourth-order valence-electron chi connectivity index (χ4n) is 1.53. The second-order valence-electron chi connectivity index (χ2n) is 2.89. The summed E-state index contributed by atoms with van der Waals surface area (Å²) in [6, 6.07) is 3.44. The van der Waals surface area contributed by atoms with Crippen molar-refractivity contribution in [2.24, 2.45) is 0 Å². The maximum atomic E-state index is 11.2. The maximum absolute atomic E-state index is 11.2. The van der Waals surface area contributed by atoms with E-state index in [2.05, 4.69) is 0 Å². The number of carbonyl (C=O) groups excluding carboxylic acids is 1. The molecule has 0 saturated carbocycles. The number of hydrogen-bond donors (Lipinski definition) is 0. The van der Waals surface area contributed by atoms with Crippen molar-refractivity contribution in [3.8, 4) is 17.2 Å². The summed E-state index contributed by atoms with van der Waals surface area (Å²) >= 11 is 0. The monoisotopic (exact) mass is 178 g/mol. The molecule has 66 valence electrons. The van der Waals surface area contributed by atoms with Gasteiger partial charge in [0.1, 0.15) is 0 Å². The molecule has 0 aromatic heterocycles. The van der Waals surface area contributed by atoms with Crippen LogP contribution < -0.4 is 14.2 Å². The van der Waals surface area contributed by atoms with Crippen LogP contribution in [0.3, 0.4) is 0 Å². The van der Waals surface area contributed by atoms with Crippen LogP contribution in [0.25, 0.3) is 0 Å². The first-order chi connectivity index (χ1) is 6.36. The summed E-state index contributed by atoms with van der Waals surface area (Å²) in [4.78, 5) is 11.2. The standard InChI is InChI=1S/C9H6O4/c10-6-3-11-8-5(6)1-2-7-9(8)13-4-12-7/h1-2H,3-4H2. The Morgan fingerprint density at radius 3 is 2.92 bits per heavy atom. The highest BCUT2D eigenvalue weighted by atomic mass is 16.7. The third-order valence-corrected chi connectivity index (χ3v) is 2.14. The highest BCUT2D eigenvalue weighted by molar-refractivity contribution is 6.03. The van der Waals surface area contributed by atoms with Gasteiger partial charge in [0, 0.05) is 0 Å². The topological polar surface area (TPSA) is 44.8 Å². The Morgan fingerprint density at radius 1 is 1.08 bits per heavy atom. The molecule has 4 nitrogen and oxygen atoms in total. The summed E-state index contributed by atoms with van der Waals surface area (Å²) in [6.45, 7) is 0.304. The molecule has 0 amide bonds. The van der Waals surface area contributed by atoms with Crippen molar-refractivity contribution in [1.82, 2.24) is 0 Å². The number of carbonyl (C=O) groups is 1. The van der Waals surface area contributed by atoms with Crippen LogP contribution in [0.4, 0.5) is 0 Å². The van der Waals surface area contributed by atoms with Crippen molar-refractivity contribution in [2.75, 3.05) is 13.4 Å². The summed E-state index contributed by atoms with van der Waals surface area (Å²) in [5, 5.41) is 0. The Hall–Kier alpha value is -1.71. The lowest BCUT2D eigenvalue weighted by Crippen LogP contribution is -1.98. The SMILES string of the molecule is O=C1COc2c1ccc1c2OCO1. The van der Waals surface area contributed by atoms with Gasteiger partial charge in [-0.1, -0.05) is 0 Å². The zero-order valence-corrected chi connectivity index (χ0v) is 6.70. The molecule has 0 unspecified atom stereocenters. The van der Waals surface area contributed by atoms with Gasteiger partial charge in [0.2, 0.25) is 18.3 Å². The molecule has 13 heavy (non-hydrogen) atoms. The second kappa shape index (κ2) is 2.16. The average Bonchev–Trinajstić information content (AvgIpc) is 2.70. The van der Waals surface area contributed by atoms with Crippen molar-refractivity contribution < 1.29 is 19.0 Å². The molecule has 1 aromatic carbocycles. The van der Waals surface area contributed by atoms with Gasteiger partial charge in [0.25, 0.3) is 0 Å². The van der Waals surface area contributed by atoms with Crippen molar-refractivity contribution in [1.29, 1.82) is 0 Å². The minimum atomic E-state index is -0.00620. The van der Waals surface area contributed by atoms with E-state index in [9.17, 15) is 4.79 Å². The van der Waals surface area contributed by atoms with E-state index in [1.165, 1.54) is 0 Å². The molecule has 0 spiro atoms. The van der Waals surface area contributed by atoms with Crippen LogP contribution in [-0.4, -0.2) is 19.2 Å². The van der Waals surface area contributed by atoms with E-state index < -0.39 is 0 Å². The number of ketones is 1. The Bertz CT molecular complexity index is 397. The molecule has 0 bridgehead atoms. The predicted molar refractivity (Wildman–Crippen MR) is 42.4 cm³/mol. The zero-order chi connectivity index (χ0) is 8.84. The molecular formula is C9H6O4. The van der Waals surface area contributed by atoms with Gasteiger partial charge in [-0.3, -0.25) is 4.79 Å². The summed E-state index contributed by atoms with van der Waals surface area (Å²) in [5.74, 6) is 1.73. The van der Waals surface area contributed by atoms with E-state index >= 15 is 0 Å². The van der Waals surface area contributed by atoms with Gasteiger partial charge >= 0.3 is 0 Å². The van der Waals surface area contributed by atoms with Crippen molar-refractivity contribution in [3.05, 3.63) is 17.7 Å². The number of benzene rings is 1. The highest BCUT2D eigenvalue weighted by Crippen LogP contribution is 2.45. The number of ether oxygens (including phenoxy) is 3. The van der Waals surface area contributed by atoms with E-state index in [0.717, 1.165) is 0 Å². The first-order valence-corrected chi connectivity index (χ1v) is 3.95. The molecule has 0 saturated heterocycles. The number of Topliss-reactive ketones (excluding diaryl/α,β-unsaturated/α-hetero) is 1. The van der Waals surface area contributed by atoms with Crippen molar-refractivity contribution in [2.45, 2.75) is 0 Å². The van der Waals surface area contributed by atoms with Gasteiger partial charge in [0.05, 0.1) is 5.56 Å².